The lowest BCUT2D eigenvalue weighted by atomic mass is 10.2. The second-order valence-electron chi connectivity index (χ2n) is 20.5. The molecule has 0 saturated carbocycles. The second kappa shape index (κ2) is 23.0. The maximum atomic E-state index is 13.3. The maximum Gasteiger partial charge on any atom is 0.469 e. The smallest absolute Gasteiger partial charge is 0.417 e. The highest BCUT2D eigenvalue weighted by Gasteiger charge is 2.51. The fraction of sp³-hybridized carbons (Fsp3) is 0.914. The van der Waals surface area contributed by atoms with Crippen molar-refractivity contribution in [3.63, 3.8) is 0 Å². The summed E-state index contributed by atoms with van der Waals surface area (Å²) in [6.07, 6.45) is 1.17. The van der Waals surface area contributed by atoms with Gasteiger partial charge in [0, 0.05) is 44.0 Å². The molecule has 0 aliphatic rings. The quantitative estimate of drug-likeness (QED) is 0.0427. The van der Waals surface area contributed by atoms with Gasteiger partial charge in [0.2, 0.25) is 5.91 Å². The Bertz CT molecular complexity index is 1000. The summed E-state index contributed by atoms with van der Waals surface area (Å²) in [5, 5.41) is 22.0. The molecular weight excluding hydrogens is 835 g/mol. The number of carbonyl (C=O) groups is 1. The minimum Gasteiger partial charge on any atom is -0.417 e. The number of hydrogen-bond donors (Lipinski definition) is 2. The van der Waals surface area contributed by atoms with Crippen molar-refractivity contribution in [1.29, 1.82) is 0 Å². The monoisotopic (exact) mass is 919 g/mol. The van der Waals surface area contributed by atoms with Crippen LogP contribution >= 0.6 is 0 Å². The van der Waals surface area contributed by atoms with Crippen LogP contribution in [0.25, 0.3) is 0 Å². The molecule has 0 aliphatic heterocycles. The molecule has 12 nitrogen and oxygen atoms in total. The molecule has 0 bridgehead atoms. The highest BCUT2D eigenvalue weighted by Crippen LogP contribution is 2.31. The molecule has 2 unspecified atom stereocenters. The van der Waals surface area contributed by atoms with Crippen LogP contribution in [-0.4, -0.2) is 140 Å². The van der Waals surface area contributed by atoms with Gasteiger partial charge in [-0.2, -0.15) is 0 Å². The van der Waals surface area contributed by atoms with Crippen molar-refractivity contribution in [2.45, 2.75) is 169 Å². The third-order valence-electron chi connectivity index (χ3n) is 6.85. The van der Waals surface area contributed by atoms with Crippen molar-refractivity contribution in [1.82, 2.24) is 4.90 Å². The van der Waals surface area contributed by atoms with E-state index < -0.39 is 79.7 Å². The van der Waals surface area contributed by atoms with Crippen LogP contribution in [-0.2, 0) is 39.0 Å². The minimum absolute atomic E-state index is 0.0141. The van der Waals surface area contributed by atoms with Gasteiger partial charge < -0.3 is 49.3 Å². The molecule has 0 aliphatic carbocycles. The van der Waals surface area contributed by atoms with Crippen molar-refractivity contribution in [3.8, 4) is 0 Å². The molecular formula is C35H85NO11Si8. The molecule has 0 aromatic rings. The largest absolute Gasteiger partial charge is 0.469 e. The Labute approximate surface area is 345 Å². The minimum atomic E-state index is -2.98. The van der Waals surface area contributed by atoms with Gasteiger partial charge in [-0.1, -0.05) is 6.08 Å². The fourth-order valence-corrected chi connectivity index (χ4v) is 34.9. The lowest BCUT2D eigenvalue weighted by molar-refractivity contribution is -0.131. The normalized spacial score (nSPS) is 15.7. The van der Waals surface area contributed by atoms with Gasteiger partial charge in [0.1, 0.15) is 0 Å². The molecule has 0 radical (unpaired) electrons. The standard InChI is InChI=1S/C35H85NO11Si8/c1-21-32(2)35(39)36(28-33(37)30-40-24-22-26-54(42-48(3,4)5,43-49(6,7)8)44-50(9,10)11)29-34(38)31-41-25-23-27-55(45-51(12,13)14,46-52(15,16)17)47-53(18,19)20/h21,33-34,37-38H,22-31H2,1-20H3. The number of amides is 1. The number of carbonyl (C=O) groups excluding carboxylic acids is 1. The van der Waals surface area contributed by atoms with Crippen molar-refractivity contribution in [3.05, 3.63) is 11.6 Å². The van der Waals surface area contributed by atoms with Crippen molar-refractivity contribution in [2.24, 2.45) is 0 Å². The molecule has 20 heteroatoms. The number of hydrogen-bond acceptors (Lipinski definition) is 11. The first-order valence-electron chi connectivity index (χ1n) is 20.1. The molecule has 0 spiro atoms. The van der Waals surface area contributed by atoms with Crippen LogP contribution in [0.4, 0.5) is 0 Å². The Morgan fingerprint density at radius 2 is 0.782 bits per heavy atom. The van der Waals surface area contributed by atoms with Gasteiger partial charge in [0.25, 0.3) is 0 Å². The van der Waals surface area contributed by atoms with E-state index >= 15 is 0 Å². The van der Waals surface area contributed by atoms with Crippen LogP contribution < -0.4 is 0 Å². The van der Waals surface area contributed by atoms with E-state index in [4.69, 9.17) is 34.2 Å². The summed E-state index contributed by atoms with van der Waals surface area (Å²) in [4.78, 5) is 14.8. The maximum absolute atomic E-state index is 13.3. The lowest BCUT2D eigenvalue weighted by Gasteiger charge is -2.43. The van der Waals surface area contributed by atoms with E-state index in [1.807, 2.05) is 0 Å². The van der Waals surface area contributed by atoms with Gasteiger partial charge in [0.15, 0.2) is 49.9 Å². The molecule has 1 amide bonds. The van der Waals surface area contributed by atoms with Crippen LogP contribution in [0.15, 0.2) is 11.6 Å². The first kappa shape index (κ1) is 55.5. The van der Waals surface area contributed by atoms with Crippen molar-refractivity contribution < 1.29 is 49.2 Å². The van der Waals surface area contributed by atoms with Gasteiger partial charge in [-0.05, 0) is 145 Å². The Hall–Kier alpha value is 0.545. The van der Waals surface area contributed by atoms with E-state index in [2.05, 4.69) is 118 Å². The van der Waals surface area contributed by atoms with E-state index in [1.54, 1.807) is 19.9 Å². The van der Waals surface area contributed by atoms with E-state index in [-0.39, 0.29) is 32.2 Å². The molecule has 55 heavy (non-hydrogen) atoms. The van der Waals surface area contributed by atoms with Gasteiger partial charge in [-0.25, -0.2) is 0 Å². The number of aliphatic hydroxyl groups excluding tert-OH is 2. The predicted octanol–water partition coefficient (Wildman–Crippen LogP) is 8.30. The fourth-order valence-electron chi connectivity index (χ4n) is 5.68. The van der Waals surface area contributed by atoms with Crippen molar-refractivity contribution >= 4 is 73.4 Å². The number of allylic oxidation sites excluding steroid dienone is 1. The molecule has 0 aromatic carbocycles. The highest BCUT2D eigenvalue weighted by atomic mass is 28.5. The Morgan fingerprint density at radius 3 is 1.00 bits per heavy atom. The van der Waals surface area contributed by atoms with E-state index in [1.165, 1.54) is 4.90 Å². The Kier molecular flexibility index (Phi) is 23.2. The van der Waals surface area contributed by atoms with Crippen LogP contribution in [0.3, 0.4) is 0 Å². The molecule has 0 fully saturated rings. The molecule has 2 atom stereocenters. The molecule has 0 saturated heterocycles. The van der Waals surface area contributed by atoms with Gasteiger partial charge in [0.05, 0.1) is 25.4 Å². The Balaban J connectivity index is 5.47. The second-order valence-corrected chi connectivity index (χ2v) is 54.5. The van der Waals surface area contributed by atoms with Crippen LogP contribution in [0.1, 0.15) is 26.7 Å². The summed E-state index contributed by atoms with van der Waals surface area (Å²) in [6.45, 7) is 43.4. The Morgan fingerprint density at radius 1 is 0.527 bits per heavy atom. The van der Waals surface area contributed by atoms with Gasteiger partial charge in [-0.3, -0.25) is 4.79 Å². The molecule has 2 N–H and O–H groups in total. The summed E-state index contributed by atoms with van der Waals surface area (Å²) in [5.41, 5.74) is 0.531. The van der Waals surface area contributed by atoms with E-state index in [9.17, 15) is 15.0 Å². The predicted molar refractivity (Wildman–Crippen MR) is 247 cm³/mol. The first-order chi connectivity index (χ1) is 24.5. The molecule has 0 aromatic heterocycles. The zero-order valence-corrected chi connectivity index (χ0v) is 46.8. The van der Waals surface area contributed by atoms with Gasteiger partial charge in [-0.15, -0.1) is 0 Å². The number of rotatable bonds is 29. The first-order valence-corrected chi connectivity index (χ1v) is 44.5. The SMILES string of the molecule is CC=C(C)C(=O)N(CC(O)COCCC[Si](O[Si](C)(C)C)(O[Si](C)(C)C)O[Si](C)(C)C)CC(O)COCCC[Si](O[Si](C)(C)C)(O[Si](C)(C)C)O[Si](C)(C)C. The van der Waals surface area contributed by atoms with Crippen LogP contribution in [0.2, 0.25) is 130 Å². The summed E-state index contributed by atoms with van der Waals surface area (Å²) in [7, 11) is -17.9. The summed E-state index contributed by atoms with van der Waals surface area (Å²) >= 11 is 0. The highest BCUT2D eigenvalue weighted by molar-refractivity contribution is 6.91. The number of aliphatic hydroxyl groups is 2. The topological polar surface area (TPSA) is 135 Å². The number of nitrogens with zero attached hydrogens (tertiary/aromatic N) is 1. The lowest BCUT2D eigenvalue weighted by Crippen LogP contribution is -2.60. The number of ether oxygens (including phenoxy) is 2. The molecule has 328 valence electrons. The molecule has 0 heterocycles. The van der Waals surface area contributed by atoms with E-state index in [0.29, 0.717) is 43.7 Å². The molecule has 0 rings (SSSR count). The van der Waals surface area contributed by atoms with E-state index in [0.717, 1.165) is 0 Å². The zero-order chi connectivity index (χ0) is 43.3. The third-order valence-corrected chi connectivity index (χ3v) is 30.9. The summed E-state index contributed by atoms with van der Waals surface area (Å²) in [5.74, 6) is -0.252. The van der Waals surface area contributed by atoms with Crippen molar-refractivity contribution in [2.75, 3.05) is 39.5 Å². The van der Waals surface area contributed by atoms with Crippen LogP contribution in [0, 0.1) is 0 Å². The van der Waals surface area contributed by atoms with Crippen LogP contribution in [0.5, 0.6) is 0 Å². The summed E-state index contributed by atoms with van der Waals surface area (Å²) in [6, 6.07) is 1.29. The zero-order valence-electron chi connectivity index (χ0n) is 38.8. The third kappa shape index (κ3) is 28.6. The average Bonchev–Trinajstić information content (AvgIpc) is 2.89. The average molecular weight is 921 g/mol. The summed E-state index contributed by atoms with van der Waals surface area (Å²) < 4.78 is 52.5. The van der Waals surface area contributed by atoms with Gasteiger partial charge >= 0.3 is 17.6 Å².